The van der Waals surface area contributed by atoms with Gasteiger partial charge in [0.25, 0.3) is 0 Å². The predicted molar refractivity (Wildman–Crippen MR) is 67.3 cm³/mol. The summed E-state index contributed by atoms with van der Waals surface area (Å²) < 4.78 is 0. The smallest absolute Gasteiger partial charge is 0.303 e. The fourth-order valence-corrected chi connectivity index (χ4v) is 3.19. The summed E-state index contributed by atoms with van der Waals surface area (Å²) >= 11 is 1.81. The zero-order chi connectivity index (χ0) is 12.7. The summed E-state index contributed by atoms with van der Waals surface area (Å²) in [4.78, 5) is 20.9. The molecule has 1 rings (SSSR count). The Morgan fingerprint density at radius 1 is 1.06 bits per heavy atom. The molecular weight excluding hydrogens is 240 g/mol. The van der Waals surface area contributed by atoms with Crippen molar-refractivity contribution < 1.29 is 19.8 Å². The molecule has 5 heteroatoms. The van der Waals surface area contributed by atoms with Gasteiger partial charge in [0.2, 0.25) is 0 Å². The standard InChI is InChI=1S/C12H20O4S/c13-10(14)4-2-1-3-7-17-9-12(5-6-12)8-11(15)16/h1-9H2,(H,13,14)(H,15,16). The quantitative estimate of drug-likeness (QED) is 0.591. The summed E-state index contributed by atoms with van der Waals surface area (Å²) in [5.41, 5.74) is 0.0809. The van der Waals surface area contributed by atoms with Crippen LogP contribution in [0.5, 0.6) is 0 Å². The Morgan fingerprint density at radius 3 is 2.29 bits per heavy atom. The van der Waals surface area contributed by atoms with Gasteiger partial charge in [-0.05, 0) is 42.6 Å². The van der Waals surface area contributed by atoms with Crippen molar-refractivity contribution in [2.75, 3.05) is 11.5 Å². The molecule has 1 aliphatic rings. The summed E-state index contributed by atoms with van der Waals surface area (Å²) in [7, 11) is 0. The Balaban J connectivity index is 1.94. The first kappa shape index (κ1) is 14.4. The van der Waals surface area contributed by atoms with Crippen LogP contribution in [0, 0.1) is 5.41 Å². The highest BCUT2D eigenvalue weighted by Gasteiger charge is 2.43. The molecule has 17 heavy (non-hydrogen) atoms. The van der Waals surface area contributed by atoms with Crippen LogP contribution in [0.15, 0.2) is 0 Å². The highest BCUT2D eigenvalue weighted by atomic mass is 32.2. The average Bonchev–Trinajstić information content (AvgIpc) is 2.95. The topological polar surface area (TPSA) is 74.6 Å². The van der Waals surface area contributed by atoms with E-state index in [2.05, 4.69) is 0 Å². The molecule has 0 atom stereocenters. The first-order chi connectivity index (χ1) is 8.04. The minimum Gasteiger partial charge on any atom is -0.481 e. The highest BCUT2D eigenvalue weighted by molar-refractivity contribution is 7.99. The Bertz CT molecular complexity index is 274. The van der Waals surface area contributed by atoms with Crippen molar-refractivity contribution in [3.8, 4) is 0 Å². The molecule has 0 unspecified atom stereocenters. The third-order valence-electron chi connectivity index (χ3n) is 3.07. The van der Waals surface area contributed by atoms with E-state index in [0.717, 1.165) is 43.6 Å². The van der Waals surface area contributed by atoms with E-state index in [-0.39, 0.29) is 11.8 Å². The molecule has 0 aromatic heterocycles. The molecule has 0 spiro atoms. The lowest BCUT2D eigenvalue weighted by Gasteiger charge is -2.11. The maximum absolute atomic E-state index is 10.6. The Morgan fingerprint density at radius 2 is 1.76 bits per heavy atom. The van der Waals surface area contributed by atoms with Gasteiger partial charge in [0, 0.05) is 6.42 Å². The summed E-state index contributed by atoms with van der Waals surface area (Å²) in [6.45, 7) is 0. The van der Waals surface area contributed by atoms with E-state index in [1.165, 1.54) is 0 Å². The van der Waals surface area contributed by atoms with Crippen LogP contribution in [-0.4, -0.2) is 33.7 Å². The molecule has 0 aromatic carbocycles. The molecule has 0 bridgehead atoms. The summed E-state index contributed by atoms with van der Waals surface area (Å²) in [5.74, 6) is 0.541. The van der Waals surface area contributed by atoms with Gasteiger partial charge in [-0.25, -0.2) is 0 Å². The van der Waals surface area contributed by atoms with Gasteiger partial charge in [0.15, 0.2) is 0 Å². The van der Waals surface area contributed by atoms with Gasteiger partial charge in [-0.2, -0.15) is 11.8 Å². The number of carbonyl (C=O) groups is 2. The number of hydrogen-bond acceptors (Lipinski definition) is 3. The second-order valence-electron chi connectivity index (χ2n) is 4.83. The van der Waals surface area contributed by atoms with E-state index in [9.17, 15) is 9.59 Å². The molecule has 2 N–H and O–H groups in total. The number of hydrogen-bond donors (Lipinski definition) is 2. The normalized spacial score (nSPS) is 16.7. The molecule has 0 aromatic rings. The third kappa shape index (κ3) is 6.56. The van der Waals surface area contributed by atoms with Crippen LogP contribution in [0.1, 0.15) is 44.9 Å². The molecule has 0 heterocycles. The lowest BCUT2D eigenvalue weighted by atomic mass is 10.1. The van der Waals surface area contributed by atoms with Gasteiger partial charge in [-0.1, -0.05) is 6.42 Å². The van der Waals surface area contributed by atoms with Crippen LogP contribution < -0.4 is 0 Å². The summed E-state index contributed by atoms with van der Waals surface area (Å²) in [6.07, 6.45) is 5.38. The molecule has 1 saturated carbocycles. The number of carboxylic acids is 2. The monoisotopic (exact) mass is 260 g/mol. The molecule has 0 saturated heterocycles. The van der Waals surface area contributed by atoms with E-state index in [4.69, 9.17) is 10.2 Å². The number of carboxylic acid groups (broad SMARTS) is 2. The first-order valence-corrected chi connectivity index (χ1v) is 7.21. The minimum absolute atomic E-state index is 0.0809. The minimum atomic E-state index is -0.726. The molecule has 4 nitrogen and oxygen atoms in total. The summed E-state index contributed by atoms with van der Waals surface area (Å²) in [5, 5.41) is 17.2. The fraction of sp³-hybridized carbons (Fsp3) is 0.833. The van der Waals surface area contributed by atoms with E-state index >= 15 is 0 Å². The maximum atomic E-state index is 10.6. The molecule has 1 aliphatic carbocycles. The van der Waals surface area contributed by atoms with Gasteiger partial charge in [-0.3, -0.25) is 9.59 Å². The molecule has 0 radical (unpaired) electrons. The lowest BCUT2D eigenvalue weighted by Crippen LogP contribution is -2.11. The van der Waals surface area contributed by atoms with Gasteiger partial charge >= 0.3 is 11.9 Å². The van der Waals surface area contributed by atoms with Crippen molar-refractivity contribution in [3.63, 3.8) is 0 Å². The van der Waals surface area contributed by atoms with E-state index < -0.39 is 11.9 Å². The van der Waals surface area contributed by atoms with Crippen LogP contribution in [0.4, 0.5) is 0 Å². The number of rotatable bonds is 10. The molecule has 0 aliphatic heterocycles. The van der Waals surface area contributed by atoms with Crippen molar-refractivity contribution in [3.05, 3.63) is 0 Å². The Hall–Kier alpha value is -0.710. The van der Waals surface area contributed by atoms with E-state index in [1.54, 1.807) is 0 Å². The SMILES string of the molecule is O=C(O)CCCCCSCC1(CC(=O)O)CC1. The average molecular weight is 260 g/mol. The lowest BCUT2D eigenvalue weighted by molar-refractivity contribution is -0.138. The van der Waals surface area contributed by atoms with Crippen molar-refractivity contribution in [1.82, 2.24) is 0 Å². The van der Waals surface area contributed by atoms with Crippen molar-refractivity contribution >= 4 is 23.7 Å². The Kier molecular flexibility index (Phi) is 5.82. The van der Waals surface area contributed by atoms with E-state index in [0.29, 0.717) is 6.42 Å². The highest BCUT2D eigenvalue weighted by Crippen LogP contribution is 2.51. The maximum Gasteiger partial charge on any atom is 0.303 e. The second kappa shape index (κ2) is 6.89. The third-order valence-corrected chi connectivity index (χ3v) is 4.46. The zero-order valence-corrected chi connectivity index (χ0v) is 10.8. The second-order valence-corrected chi connectivity index (χ2v) is 5.93. The Labute approximate surface area is 106 Å². The fourth-order valence-electron chi connectivity index (χ4n) is 1.82. The van der Waals surface area contributed by atoms with Gasteiger partial charge in [0.05, 0.1) is 6.42 Å². The van der Waals surface area contributed by atoms with Gasteiger partial charge in [-0.15, -0.1) is 0 Å². The number of unbranched alkanes of at least 4 members (excludes halogenated alkanes) is 2. The van der Waals surface area contributed by atoms with Crippen LogP contribution in [0.25, 0.3) is 0 Å². The number of aliphatic carboxylic acids is 2. The number of thioether (sulfide) groups is 1. The van der Waals surface area contributed by atoms with Crippen LogP contribution in [0.2, 0.25) is 0 Å². The molecule has 0 amide bonds. The first-order valence-electron chi connectivity index (χ1n) is 6.05. The van der Waals surface area contributed by atoms with Crippen LogP contribution in [-0.2, 0) is 9.59 Å². The zero-order valence-electron chi connectivity index (χ0n) is 9.98. The summed E-state index contributed by atoms with van der Waals surface area (Å²) in [6, 6.07) is 0. The molecular formula is C12H20O4S. The van der Waals surface area contributed by atoms with Crippen molar-refractivity contribution in [1.29, 1.82) is 0 Å². The van der Waals surface area contributed by atoms with Crippen LogP contribution >= 0.6 is 11.8 Å². The predicted octanol–water partition coefficient (Wildman–Crippen LogP) is 2.62. The molecule has 98 valence electrons. The van der Waals surface area contributed by atoms with Crippen molar-refractivity contribution in [2.24, 2.45) is 5.41 Å². The van der Waals surface area contributed by atoms with Crippen molar-refractivity contribution in [2.45, 2.75) is 44.9 Å². The van der Waals surface area contributed by atoms with Gasteiger partial charge in [0.1, 0.15) is 0 Å². The van der Waals surface area contributed by atoms with Gasteiger partial charge < -0.3 is 10.2 Å². The molecule has 1 fully saturated rings. The largest absolute Gasteiger partial charge is 0.481 e. The van der Waals surface area contributed by atoms with Crippen LogP contribution in [0.3, 0.4) is 0 Å². The van der Waals surface area contributed by atoms with E-state index in [1.807, 2.05) is 11.8 Å².